The Balaban J connectivity index is 2.07. The maximum Gasteiger partial charge on any atom is 0.337 e. The molecule has 2 aromatic carbocycles. The van der Waals surface area contributed by atoms with Crippen LogP contribution < -0.4 is 19.5 Å². The lowest BCUT2D eigenvalue weighted by Crippen LogP contribution is -2.28. The summed E-state index contributed by atoms with van der Waals surface area (Å²) >= 11 is 0. The van der Waals surface area contributed by atoms with Gasteiger partial charge in [-0.05, 0) is 30.3 Å². The summed E-state index contributed by atoms with van der Waals surface area (Å²) in [7, 11) is 1.25. The van der Waals surface area contributed by atoms with E-state index < -0.39 is 27.9 Å². The van der Waals surface area contributed by atoms with Gasteiger partial charge in [-0.25, -0.2) is 22.7 Å². The topological polar surface area (TPSA) is 146 Å². The van der Waals surface area contributed by atoms with Crippen LogP contribution in [-0.2, 0) is 24.3 Å². The molecule has 0 heterocycles. The van der Waals surface area contributed by atoms with Gasteiger partial charge < -0.3 is 24.3 Å². The van der Waals surface area contributed by atoms with Crippen LogP contribution in [-0.4, -0.2) is 61.2 Å². The average Bonchev–Trinajstić information content (AvgIpc) is 2.81. The van der Waals surface area contributed by atoms with Crippen molar-refractivity contribution in [1.82, 2.24) is 4.72 Å². The Kier molecular flexibility index (Phi) is 8.77. The molecule has 33 heavy (non-hydrogen) atoms. The van der Waals surface area contributed by atoms with Crippen LogP contribution in [0.3, 0.4) is 0 Å². The van der Waals surface area contributed by atoms with Gasteiger partial charge in [0, 0.05) is 24.7 Å². The number of anilines is 1. The number of rotatable bonds is 10. The predicted octanol–water partition coefficient (Wildman–Crippen LogP) is 1.58. The van der Waals surface area contributed by atoms with Crippen LogP contribution in [0.5, 0.6) is 11.5 Å². The van der Waals surface area contributed by atoms with Crippen LogP contribution in [0.2, 0.25) is 0 Å². The SMILES string of the molecule is COC(=O)c1cc(NC(=O)CCNS(=O)(=O)c2ccc(OC)c(OC)c2)cc(C(=O)OC)c1. The quantitative estimate of drug-likeness (QED) is 0.484. The Bertz CT molecular complexity index is 1110. The minimum atomic E-state index is -3.92. The number of benzene rings is 2. The third kappa shape index (κ3) is 6.67. The Labute approximate surface area is 191 Å². The zero-order valence-corrected chi connectivity index (χ0v) is 19.3. The largest absolute Gasteiger partial charge is 0.493 e. The highest BCUT2D eigenvalue weighted by atomic mass is 32.2. The highest BCUT2D eigenvalue weighted by molar-refractivity contribution is 7.89. The van der Waals surface area contributed by atoms with Gasteiger partial charge in [0.2, 0.25) is 15.9 Å². The molecule has 2 aromatic rings. The molecule has 0 aliphatic carbocycles. The number of ether oxygens (including phenoxy) is 4. The molecular weight excluding hydrogens is 456 g/mol. The molecule has 0 atom stereocenters. The van der Waals surface area contributed by atoms with Crippen LogP contribution >= 0.6 is 0 Å². The van der Waals surface area contributed by atoms with E-state index in [1.54, 1.807) is 0 Å². The van der Waals surface area contributed by atoms with E-state index in [0.717, 1.165) is 0 Å². The monoisotopic (exact) mass is 480 g/mol. The number of nitrogens with one attached hydrogen (secondary N) is 2. The standard InChI is InChI=1S/C21H24N2O9S/c1-29-17-6-5-16(12-18(17)30-2)33(27,28)22-8-7-19(24)23-15-10-13(20(25)31-3)9-14(11-15)21(26)32-4/h5-6,9-12,22H,7-8H2,1-4H3,(H,23,24). The first-order chi connectivity index (χ1) is 15.6. The van der Waals surface area contributed by atoms with Crippen LogP contribution in [0.15, 0.2) is 41.3 Å². The summed E-state index contributed by atoms with van der Waals surface area (Å²) in [5, 5.41) is 2.51. The predicted molar refractivity (Wildman–Crippen MR) is 117 cm³/mol. The van der Waals surface area contributed by atoms with Crippen molar-refractivity contribution in [2.24, 2.45) is 0 Å². The molecule has 178 valence electrons. The van der Waals surface area contributed by atoms with Crippen molar-refractivity contribution in [1.29, 1.82) is 0 Å². The molecule has 1 amide bonds. The van der Waals surface area contributed by atoms with Crippen molar-refractivity contribution in [3.05, 3.63) is 47.5 Å². The summed E-state index contributed by atoms with van der Waals surface area (Å²) in [6.45, 7) is -0.205. The Morgan fingerprint density at radius 2 is 1.39 bits per heavy atom. The van der Waals surface area contributed by atoms with Gasteiger partial charge in [-0.2, -0.15) is 0 Å². The average molecular weight is 480 g/mol. The summed E-state index contributed by atoms with van der Waals surface area (Å²) in [6.07, 6.45) is -0.220. The van der Waals surface area contributed by atoms with Crippen molar-refractivity contribution in [2.75, 3.05) is 40.3 Å². The Hall–Kier alpha value is -3.64. The Morgan fingerprint density at radius 1 is 0.818 bits per heavy atom. The lowest BCUT2D eigenvalue weighted by molar-refractivity contribution is -0.116. The molecule has 12 heteroatoms. The number of carbonyl (C=O) groups is 3. The van der Waals surface area contributed by atoms with Crippen molar-refractivity contribution in [3.63, 3.8) is 0 Å². The third-order valence-corrected chi connectivity index (χ3v) is 5.83. The molecule has 0 aliphatic heterocycles. The van der Waals surface area contributed by atoms with E-state index in [2.05, 4.69) is 19.5 Å². The van der Waals surface area contributed by atoms with E-state index in [-0.39, 0.29) is 40.4 Å². The van der Waals surface area contributed by atoms with E-state index in [9.17, 15) is 22.8 Å². The second-order valence-electron chi connectivity index (χ2n) is 6.49. The molecule has 0 unspecified atom stereocenters. The fourth-order valence-corrected chi connectivity index (χ4v) is 3.81. The molecule has 0 radical (unpaired) electrons. The van der Waals surface area contributed by atoms with Crippen LogP contribution in [0.4, 0.5) is 5.69 Å². The maximum atomic E-state index is 12.5. The molecule has 0 fully saturated rings. The number of amides is 1. The molecule has 0 spiro atoms. The summed E-state index contributed by atoms with van der Waals surface area (Å²) in [6, 6.07) is 8.01. The fourth-order valence-electron chi connectivity index (χ4n) is 2.76. The van der Waals surface area contributed by atoms with Crippen molar-refractivity contribution < 1.29 is 41.7 Å². The minimum absolute atomic E-state index is 0.0323. The molecule has 0 aromatic heterocycles. The third-order valence-electron chi connectivity index (χ3n) is 4.37. The normalized spacial score (nSPS) is 10.8. The van der Waals surface area contributed by atoms with Crippen molar-refractivity contribution in [2.45, 2.75) is 11.3 Å². The van der Waals surface area contributed by atoms with Gasteiger partial charge in [-0.15, -0.1) is 0 Å². The first kappa shape index (κ1) is 25.6. The van der Waals surface area contributed by atoms with Crippen molar-refractivity contribution >= 4 is 33.6 Å². The fraction of sp³-hybridized carbons (Fsp3) is 0.286. The van der Waals surface area contributed by atoms with Crippen LogP contribution in [0, 0.1) is 0 Å². The number of hydrogen-bond donors (Lipinski definition) is 2. The molecule has 0 bridgehead atoms. The van der Waals surface area contributed by atoms with Gasteiger partial charge in [0.25, 0.3) is 0 Å². The van der Waals surface area contributed by atoms with E-state index in [1.165, 1.54) is 64.8 Å². The van der Waals surface area contributed by atoms with Gasteiger partial charge in [-0.3, -0.25) is 4.79 Å². The number of esters is 2. The van der Waals surface area contributed by atoms with Gasteiger partial charge in [0.15, 0.2) is 11.5 Å². The molecule has 0 saturated heterocycles. The van der Waals surface area contributed by atoms with Crippen LogP contribution in [0.25, 0.3) is 0 Å². The lowest BCUT2D eigenvalue weighted by Gasteiger charge is -2.12. The number of hydrogen-bond acceptors (Lipinski definition) is 9. The zero-order valence-electron chi connectivity index (χ0n) is 18.5. The van der Waals surface area contributed by atoms with E-state index >= 15 is 0 Å². The molecule has 2 rings (SSSR count). The van der Waals surface area contributed by atoms with E-state index in [0.29, 0.717) is 5.75 Å². The lowest BCUT2D eigenvalue weighted by atomic mass is 10.1. The highest BCUT2D eigenvalue weighted by Crippen LogP contribution is 2.29. The van der Waals surface area contributed by atoms with E-state index in [1.807, 2.05) is 0 Å². The molecule has 2 N–H and O–H groups in total. The first-order valence-corrected chi connectivity index (χ1v) is 11.0. The smallest absolute Gasteiger partial charge is 0.337 e. The molecule has 0 aliphatic rings. The number of sulfonamides is 1. The minimum Gasteiger partial charge on any atom is -0.493 e. The summed E-state index contributed by atoms with van der Waals surface area (Å²) < 4.78 is 46.8. The molecule has 0 saturated carbocycles. The van der Waals surface area contributed by atoms with Gasteiger partial charge in [0.1, 0.15) is 0 Å². The second-order valence-corrected chi connectivity index (χ2v) is 8.26. The summed E-state index contributed by atoms with van der Waals surface area (Å²) in [5.41, 5.74) is 0.209. The maximum absolute atomic E-state index is 12.5. The van der Waals surface area contributed by atoms with E-state index in [4.69, 9.17) is 9.47 Å². The van der Waals surface area contributed by atoms with Crippen molar-refractivity contribution in [3.8, 4) is 11.5 Å². The van der Waals surface area contributed by atoms with Gasteiger partial charge >= 0.3 is 11.9 Å². The summed E-state index contributed by atoms with van der Waals surface area (Å²) in [5.74, 6) is -1.36. The second kappa shape index (κ2) is 11.3. The molecule has 11 nitrogen and oxygen atoms in total. The Morgan fingerprint density at radius 3 is 1.91 bits per heavy atom. The first-order valence-electron chi connectivity index (χ1n) is 9.48. The molecular formula is C21H24N2O9S. The summed E-state index contributed by atoms with van der Waals surface area (Å²) in [4.78, 5) is 35.9. The number of methoxy groups -OCH3 is 4. The highest BCUT2D eigenvalue weighted by Gasteiger charge is 2.18. The van der Waals surface area contributed by atoms with Gasteiger partial charge in [-0.1, -0.05) is 0 Å². The number of carbonyl (C=O) groups excluding carboxylic acids is 3. The zero-order chi connectivity index (χ0) is 24.6. The van der Waals surface area contributed by atoms with Crippen LogP contribution in [0.1, 0.15) is 27.1 Å². The van der Waals surface area contributed by atoms with Gasteiger partial charge in [0.05, 0.1) is 44.5 Å².